The minimum atomic E-state index is -0.570. The molecule has 0 atom stereocenters. The molecule has 0 radical (unpaired) electrons. The molecule has 3 rings (SSSR count). The van der Waals surface area contributed by atoms with Crippen molar-refractivity contribution >= 4 is 0 Å². The number of aromatic nitrogens is 2. The number of β-amino-alcohol motifs (C(OH)–C–C–N with tert-alkyl or cyclic N) is 1. The van der Waals surface area contributed by atoms with E-state index in [2.05, 4.69) is 15.1 Å². The van der Waals surface area contributed by atoms with Gasteiger partial charge in [0.25, 0.3) is 0 Å². The molecule has 1 aliphatic rings. The molecule has 0 aliphatic carbocycles. The largest absolute Gasteiger partial charge is 0.419 e. The van der Waals surface area contributed by atoms with Crippen LogP contribution in [0, 0.1) is 12.8 Å². The normalized spacial score (nSPS) is 18.0. The van der Waals surface area contributed by atoms with E-state index in [-0.39, 0.29) is 5.92 Å². The smallest absolute Gasteiger partial charge is 0.247 e. The Balaban J connectivity index is 1.65. The highest BCUT2D eigenvalue weighted by molar-refractivity contribution is 5.53. The summed E-state index contributed by atoms with van der Waals surface area (Å²) in [5.41, 5.74) is 1.53. The van der Waals surface area contributed by atoms with Crippen molar-refractivity contribution in [2.45, 2.75) is 32.9 Å². The van der Waals surface area contributed by atoms with Crippen LogP contribution in [0.4, 0.5) is 0 Å². The van der Waals surface area contributed by atoms with E-state index < -0.39 is 5.60 Å². The maximum Gasteiger partial charge on any atom is 0.247 e. The first kappa shape index (κ1) is 14.2. The van der Waals surface area contributed by atoms with Crippen LogP contribution >= 0.6 is 0 Å². The lowest BCUT2D eigenvalue weighted by molar-refractivity contribution is -0.132. The van der Waals surface area contributed by atoms with Crippen molar-refractivity contribution in [3.05, 3.63) is 35.7 Å². The number of aliphatic hydroxyl groups is 1. The van der Waals surface area contributed by atoms with Gasteiger partial charge in [0.2, 0.25) is 11.8 Å². The SMILES string of the molecule is Cc1cccc(-c2nnc(CN3CC(O)(C(C)C)C3)o2)c1. The molecule has 112 valence electrons. The van der Waals surface area contributed by atoms with Crippen LogP contribution in [0.15, 0.2) is 28.7 Å². The first-order valence-corrected chi connectivity index (χ1v) is 7.30. The second-order valence-electron chi connectivity index (χ2n) is 6.27. The average molecular weight is 287 g/mol. The first-order chi connectivity index (χ1) is 9.96. The fraction of sp³-hybridized carbons (Fsp3) is 0.500. The van der Waals surface area contributed by atoms with E-state index >= 15 is 0 Å². The predicted molar refractivity (Wildman–Crippen MR) is 79.5 cm³/mol. The molecule has 1 aromatic heterocycles. The van der Waals surface area contributed by atoms with Crippen molar-refractivity contribution < 1.29 is 9.52 Å². The minimum absolute atomic E-state index is 0.263. The van der Waals surface area contributed by atoms with Gasteiger partial charge in [-0.25, -0.2) is 0 Å². The van der Waals surface area contributed by atoms with E-state index in [1.807, 2.05) is 45.0 Å². The zero-order chi connectivity index (χ0) is 15.0. The summed E-state index contributed by atoms with van der Waals surface area (Å²) < 4.78 is 5.71. The van der Waals surface area contributed by atoms with Gasteiger partial charge in [-0.2, -0.15) is 0 Å². The lowest BCUT2D eigenvalue weighted by Gasteiger charge is -2.48. The Bertz CT molecular complexity index is 630. The van der Waals surface area contributed by atoms with Crippen LogP contribution in [0.3, 0.4) is 0 Å². The van der Waals surface area contributed by atoms with Crippen LogP contribution in [0.2, 0.25) is 0 Å². The molecule has 1 aliphatic heterocycles. The van der Waals surface area contributed by atoms with Crippen LogP contribution in [0.1, 0.15) is 25.3 Å². The van der Waals surface area contributed by atoms with Crippen LogP contribution in [-0.4, -0.2) is 38.9 Å². The fourth-order valence-corrected chi connectivity index (χ4v) is 2.61. The van der Waals surface area contributed by atoms with Crippen molar-refractivity contribution in [2.75, 3.05) is 13.1 Å². The fourth-order valence-electron chi connectivity index (χ4n) is 2.61. The standard InChI is InChI=1S/C16H21N3O2/c1-11(2)16(20)9-19(10-16)8-14-17-18-15(21-14)13-6-4-5-12(3)7-13/h4-7,11,20H,8-10H2,1-3H3. The van der Waals surface area contributed by atoms with E-state index in [1.165, 1.54) is 0 Å². The van der Waals surface area contributed by atoms with Gasteiger partial charge in [0, 0.05) is 18.7 Å². The van der Waals surface area contributed by atoms with E-state index in [0.29, 0.717) is 31.4 Å². The molecule has 5 nitrogen and oxygen atoms in total. The minimum Gasteiger partial charge on any atom is -0.419 e. The zero-order valence-electron chi connectivity index (χ0n) is 12.7. The molecule has 21 heavy (non-hydrogen) atoms. The molecule has 2 aromatic rings. The Morgan fingerprint density at radius 2 is 2.10 bits per heavy atom. The Morgan fingerprint density at radius 3 is 2.76 bits per heavy atom. The summed E-state index contributed by atoms with van der Waals surface area (Å²) in [7, 11) is 0. The monoisotopic (exact) mass is 287 g/mol. The van der Waals surface area contributed by atoms with Crippen LogP contribution < -0.4 is 0 Å². The lowest BCUT2D eigenvalue weighted by atomic mass is 9.83. The first-order valence-electron chi connectivity index (χ1n) is 7.30. The van der Waals surface area contributed by atoms with Crippen LogP contribution in [0.5, 0.6) is 0 Å². The second-order valence-corrected chi connectivity index (χ2v) is 6.27. The molecule has 1 N–H and O–H groups in total. The lowest BCUT2D eigenvalue weighted by Crippen LogP contribution is -2.63. The number of aryl methyl sites for hydroxylation is 1. The molecule has 1 fully saturated rings. The topological polar surface area (TPSA) is 62.4 Å². The molecule has 0 bridgehead atoms. The van der Waals surface area contributed by atoms with Gasteiger partial charge in [0.15, 0.2) is 0 Å². The highest BCUT2D eigenvalue weighted by Gasteiger charge is 2.43. The molecule has 1 aromatic carbocycles. The third-order valence-electron chi connectivity index (χ3n) is 4.16. The van der Waals surface area contributed by atoms with E-state index in [4.69, 9.17) is 4.42 Å². The number of likely N-dealkylation sites (tertiary alicyclic amines) is 1. The number of hydrogen-bond donors (Lipinski definition) is 1. The maximum atomic E-state index is 10.2. The van der Waals surface area contributed by atoms with Gasteiger partial charge >= 0.3 is 0 Å². The van der Waals surface area contributed by atoms with Crippen molar-refractivity contribution in [1.29, 1.82) is 0 Å². The predicted octanol–water partition coefficient (Wildman–Crippen LogP) is 2.25. The zero-order valence-corrected chi connectivity index (χ0v) is 12.7. The molecule has 0 amide bonds. The quantitative estimate of drug-likeness (QED) is 0.934. The third kappa shape index (κ3) is 2.84. The molecular weight excluding hydrogens is 266 g/mol. The van der Waals surface area contributed by atoms with Gasteiger partial charge in [0.1, 0.15) is 0 Å². The van der Waals surface area contributed by atoms with Crippen molar-refractivity contribution in [1.82, 2.24) is 15.1 Å². The molecule has 0 saturated carbocycles. The number of benzene rings is 1. The average Bonchev–Trinajstić information content (AvgIpc) is 2.85. The summed E-state index contributed by atoms with van der Waals surface area (Å²) in [5, 5.41) is 18.4. The number of nitrogens with zero attached hydrogens (tertiary/aromatic N) is 3. The van der Waals surface area contributed by atoms with E-state index in [1.54, 1.807) is 0 Å². The van der Waals surface area contributed by atoms with Crippen molar-refractivity contribution in [2.24, 2.45) is 5.92 Å². The molecule has 0 unspecified atom stereocenters. The van der Waals surface area contributed by atoms with Gasteiger partial charge in [-0.1, -0.05) is 31.5 Å². The summed E-state index contributed by atoms with van der Waals surface area (Å²) in [6.07, 6.45) is 0. The van der Waals surface area contributed by atoms with Gasteiger partial charge in [0.05, 0.1) is 12.1 Å². The maximum absolute atomic E-state index is 10.2. The van der Waals surface area contributed by atoms with Gasteiger partial charge < -0.3 is 9.52 Å². The Morgan fingerprint density at radius 1 is 1.33 bits per heavy atom. The van der Waals surface area contributed by atoms with Gasteiger partial charge in [-0.05, 0) is 25.0 Å². The molecular formula is C16H21N3O2. The van der Waals surface area contributed by atoms with Crippen molar-refractivity contribution in [3.8, 4) is 11.5 Å². The number of rotatable bonds is 4. The van der Waals surface area contributed by atoms with Crippen LogP contribution in [0.25, 0.3) is 11.5 Å². The Hall–Kier alpha value is -1.72. The molecule has 5 heteroatoms. The summed E-state index contributed by atoms with van der Waals surface area (Å²) in [5.74, 6) is 1.41. The van der Waals surface area contributed by atoms with E-state index in [9.17, 15) is 5.11 Å². The summed E-state index contributed by atoms with van der Waals surface area (Å²) in [6, 6.07) is 8.00. The highest BCUT2D eigenvalue weighted by Crippen LogP contribution is 2.30. The molecule has 2 heterocycles. The summed E-state index contributed by atoms with van der Waals surface area (Å²) in [4.78, 5) is 2.12. The molecule has 1 saturated heterocycles. The summed E-state index contributed by atoms with van der Waals surface area (Å²) in [6.45, 7) is 8.03. The Labute approximate surface area is 124 Å². The van der Waals surface area contributed by atoms with Crippen LogP contribution in [-0.2, 0) is 6.54 Å². The highest BCUT2D eigenvalue weighted by atomic mass is 16.4. The second kappa shape index (κ2) is 5.24. The number of hydrogen-bond acceptors (Lipinski definition) is 5. The van der Waals surface area contributed by atoms with Gasteiger partial charge in [-0.3, -0.25) is 4.90 Å². The third-order valence-corrected chi connectivity index (χ3v) is 4.16. The Kier molecular flexibility index (Phi) is 3.55. The van der Waals surface area contributed by atoms with E-state index in [0.717, 1.165) is 11.1 Å². The summed E-state index contributed by atoms with van der Waals surface area (Å²) >= 11 is 0. The van der Waals surface area contributed by atoms with Gasteiger partial charge in [-0.15, -0.1) is 10.2 Å². The van der Waals surface area contributed by atoms with Crippen molar-refractivity contribution in [3.63, 3.8) is 0 Å². The molecule has 0 spiro atoms.